The third-order valence-electron chi connectivity index (χ3n) is 6.97. The van der Waals surface area contributed by atoms with Gasteiger partial charge >= 0.3 is 0 Å². The molecule has 0 spiro atoms. The third kappa shape index (κ3) is 3.04. The van der Waals surface area contributed by atoms with Gasteiger partial charge in [0.15, 0.2) is 12.0 Å². The van der Waals surface area contributed by atoms with E-state index in [-0.39, 0.29) is 30.5 Å². The Morgan fingerprint density at radius 1 is 1.13 bits per heavy atom. The van der Waals surface area contributed by atoms with E-state index >= 15 is 0 Å². The van der Waals surface area contributed by atoms with Crippen LogP contribution in [0.15, 0.2) is 36.8 Å². The number of halogens is 1. The molecule has 2 saturated heterocycles. The second-order valence-corrected chi connectivity index (χ2v) is 9.55. The molecule has 2 aromatic heterocycles. The highest BCUT2D eigenvalue weighted by Crippen LogP contribution is 2.47. The fourth-order valence-corrected chi connectivity index (χ4v) is 5.47. The molecule has 2 fully saturated rings. The number of ether oxygens (including phenoxy) is 3. The predicted octanol–water partition coefficient (Wildman–Crippen LogP) is 4.49. The van der Waals surface area contributed by atoms with Gasteiger partial charge in [-0.2, -0.15) is 0 Å². The zero-order valence-corrected chi connectivity index (χ0v) is 18.7. The highest BCUT2D eigenvalue weighted by atomic mass is 35.5. The van der Waals surface area contributed by atoms with Gasteiger partial charge in [-0.1, -0.05) is 25.1 Å². The Labute approximate surface area is 186 Å². The topological polar surface area (TPSA) is 58.4 Å². The molecule has 1 aromatic carbocycles. The molecule has 5 atom stereocenters. The first-order valence-corrected chi connectivity index (χ1v) is 11.5. The van der Waals surface area contributed by atoms with Crippen molar-refractivity contribution in [3.05, 3.63) is 59.2 Å². The number of nitrogens with zero attached hydrogens (tertiary/aromatic N) is 3. The molecule has 0 radical (unpaired) electrons. The molecule has 2 aliphatic heterocycles. The van der Waals surface area contributed by atoms with Gasteiger partial charge in [0.05, 0.1) is 17.7 Å². The van der Waals surface area contributed by atoms with Gasteiger partial charge < -0.3 is 18.8 Å². The molecule has 6 nitrogen and oxygen atoms in total. The van der Waals surface area contributed by atoms with Gasteiger partial charge in [0.1, 0.15) is 24.2 Å². The van der Waals surface area contributed by atoms with Crippen LogP contribution < -0.4 is 0 Å². The maximum atomic E-state index is 6.67. The SMILES string of the molecule is C[C@H](c1ccc2c(c1)CC2)[C@H]1O[C@@H](n2ccc3c(CCl)ncnc32)[C@@H]2OC(C)(C)O[C@@H]21. The Bertz CT molecular complexity index is 1160. The second-order valence-electron chi connectivity index (χ2n) is 9.29. The number of aromatic nitrogens is 3. The zero-order chi connectivity index (χ0) is 21.3. The average Bonchev–Trinajstić information content (AvgIpc) is 3.38. The lowest BCUT2D eigenvalue weighted by molar-refractivity contribution is -0.198. The van der Waals surface area contributed by atoms with Crippen LogP contribution in [0.4, 0.5) is 0 Å². The van der Waals surface area contributed by atoms with Crippen molar-refractivity contribution < 1.29 is 14.2 Å². The molecule has 1 aliphatic carbocycles. The predicted molar refractivity (Wildman–Crippen MR) is 117 cm³/mol. The summed E-state index contributed by atoms with van der Waals surface area (Å²) in [7, 11) is 0. The summed E-state index contributed by atoms with van der Waals surface area (Å²) in [5, 5.41) is 0.940. The Morgan fingerprint density at radius 3 is 2.68 bits per heavy atom. The summed E-state index contributed by atoms with van der Waals surface area (Å²) in [4.78, 5) is 8.82. The quantitative estimate of drug-likeness (QED) is 0.560. The van der Waals surface area contributed by atoms with Gasteiger partial charge in [0, 0.05) is 17.5 Å². The lowest BCUT2D eigenvalue weighted by Gasteiger charge is -2.29. The Kier molecular flexibility index (Phi) is 4.45. The van der Waals surface area contributed by atoms with Crippen LogP contribution in [0.2, 0.25) is 0 Å². The summed E-state index contributed by atoms with van der Waals surface area (Å²) in [6, 6.07) is 8.83. The van der Waals surface area contributed by atoms with Crippen molar-refractivity contribution >= 4 is 22.6 Å². The highest BCUT2D eigenvalue weighted by Gasteiger charge is 2.57. The smallest absolute Gasteiger partial charge is 0.164 e. The molecule has 0 bridgehead atoms. The van der Waals surface area contributed by atoms with E-state index in [4.69, 9.17) is 25.8 Å². The minimum atomic E-state index is -0.658. The molecule has 3 aromatic rings. The molecule has 31 heavy (non-hydrogen) atoms. The van der Waals surface area contributed by atoms with E-state index < -0.39 is 5.79 Å². The van der Waals surface area contributed by atoms with E-state index in [1.807, 2.05) is 30.7 Å². The number of benzene rings is 1. The van der Waals surface area contributed by atoms with Gasteiger partial charge in [0.25, 0.3) is 0 Å². The summed E-state index contributed by atoms with van der Waals surface area (Å²) < 4.78 is 21.4. The minimum Gasteiger partial charge on any atom is -0.348 e. The van der Waals surface area contributed by atoms with E-state index in [2.05, 4.69) is 35.1 Å². The van der Waals surface area contributed by atoms with Crippen LogP contribution in [0.1, 0.15) is 55.3 Å². The number of alkyl halides is 1. The molecule has 7 heteroatoms. The van der Waals surface area contributed by atoms with Crippen LogP contribution in [0, 0.1) is 0 Å². The van der Waals surface area contributed by atoms with E-state index in [9.17, 15) is 0 Å². The molecule has 0 amide bonds. The third-order valence-corrected chi connectivity index (χ3v) is 7.22. The van der Waals surface area contributed by atoms with Crippen molar-refractivity contribution in [2.45, 2.75) is 75.7 Å². The van der Waals surface area contributed by atoms with E-state index in [0.29, 0.717) is 5.88 Å². The van der Waals surface area contributed by atoms with E-state index in [1.54, 1.807) is 6.33 Å². The van der Waals surface area contributed by atoms with Crippen molar-refractivity contribution in [2.24, 2.45) is 0 Å². The number of hydrogen-bond donors (Lipinski definition) is 0. The number of rotatable bonds is 4. The monoisotopic (exact) mass is 439 g/mol. The van der Waals surface area contributed by atoms with Crippen molar-refractivity contribution in [3.63, 3.8) is 0 Å². The highest BCUT2D eigenvalue weighted by molar-refractivity contribution is 6.17. The molecule has 4 heterocycles. The Balaban J connectivity index is 1.38. The summed E-state index contributed by atoms with van der Waals surface area (Å²) in [6.07, 6.45) is 5.06. The van der Waals surface area contributed by atoms with Gasteiger partial charge in [0.2, 0.25) is 0 Å². The minimum absolute atomic E-state index is 0.123. The largest absolute Gasteiger partial charge is 0.348 e. The molecular weight excluding hydrogens is 414 g/mol. The number of hydrogen-bond acceptors (Lipinski definition) is 5. The molecule has 0 N–H and O–H groups in total. The first-order valence-electron chi connectivity index (χ1n) is 10.9. The summed E-state index contributed by atoms with van der Waals surface area (Å²) in [5.41, 5.74) is 5.84. The lowest BCUT2D eigenvalue weighted by atomic mass is 9.83. The van der Waals surface area contributed by atoms with Crippen molar-refractivity contribution in [1.82, 2.24) is 14.5 Å². The maximum absolute atomic E-state index is 6.67. The van der Waals surface area contributed by atoms with Gasteiger partial charge in [-0.05, 0) is 49.4 Å². The van der Waals surface area contributed by atoms with Crippen molar-refractivity contribution in [2.75, 3.05) is 0 Å². The lowest BCUT2D eigenvalue weighted by Crippen LogP contribution is -2.33. The summed E-state index contributed by atoms with van der Waals surface area (Å²) >= 11 is 6.09. The molecule has 162 valence electrons. The first kappa shape index (κ1) is 19.7. The van der Waals surface area contributed by atoms with E-state index in [0.717, 1.165) is 16.7 Å². The molecule has 0 unspecified atom stereocenters. The van der Waals surface area contributed by atoms with Crippen molar-refractivity contribution in [1.29, 1.82) is 0 Å². The van der Waals surface area contributed by atoms with Crippen LogP contribution >= 0.6 is 11.6 Å². The average molecular weight is 440 g/mol. The standard InChI is InChI=1S/C24H26ClN3O3/c1-13(15-6-4-14-5-7-16(14)10-15)19-20-21(31-24(2,3)30-20)23(29-19)28-9-8-17-18(11-25)26-12-27-22(17)28/h4,6,8-10,12-13,19-21,23H,5,7,11H2,1-3H3/t13-,19-,20-,21-,23-/m1/s1. The van der Waals surface area contributed by atoms with Crippen LogP contribution in [0.5, 0.6) is 0 Å². The first-order chi connectivity index (χ1) is 14.9. The number of aryl methyl sites for hydroxylation is 2. The Morgan fingerprint density at radius 2 is 1.94 bits per heavy atom. The summed E-state index contributed by atoms with van der Waals surface area (Å²) in [6.45, 7) is 6.16. The van der Waals surface area contributed by atoms with Crippen LogP contribution in [0.3, 0.4) is 0 Å². The van der Waals surface area contributed by atoms with Crippen LogP contribution in [-0.2, 0) is 32.9 Å². The van der Waals surface area contributed by atoms with E-state index in [1.165, 1.54) is 29.5 Å². The second kappa shape index (κ2) is 7.01. The fraction of sp³-hybridized carbons (Fsp3) is 0.500. The summed E-state index contributed by atoms with van der Waals surface area (Å²) in [5.74, 6) is -0.143. The molecule has 0 saturated carbocycles. The van der Waals surface area contributed by atoms with Crippen LogP contribution in [-0.4, -0.2) is 38.6 Å². The normalized spacial score (nSPS) is 29.5. The molecule has 3 aliphatic rings. The Hall–Kier alpha value is -1.99. The zero-order valence-electron chi connectivity index (χ0n) is 17.9. The maximum Gasteiger partial charge on any atom is 0.164 e. The number of fused-ring (bicyclic) bond motifs is 3. The molecular formula is C24H26ClN3O3. The van der Waals surface area contributed by atoms with Gasteiger partial charge in [-0.25, -0.2) is 9.97 Å². The van der Waals surface area contributed by atoms with Crippen LogP contribution in [0.25, 0.3) is 11.0 Å². The van der Waals surface area contributed by atoms with Gasteiger partial charge in [-0.15, -0.1) is 11.6 Å². The fourth-order valence-electron chi connectivity index (χ4n) is 5.26. The van der Waals surface area contributed by atoms with Gasteiger partial charge in [-0.3, -0.25) is 0 Å². The van der Waals surface area contributed by atoms with Crippen molar-refractivity contribution in [3.8, 4) is 0 Å². The molecule has 6 rings (SSSR count).